The van der Waals surface area contributed by atoms with Crippen LogP contribution in [0, 0.1) is 5.92 Å². The minimum atomic E-state index is -3.74. The molecule has 0 saturated heterocycles. The number of sulfonamides is 1. The van der Waals surface area contributed by atoms with Gasteiger partial charge >= 0.3 is 5.97 Å². The first-order valence-corrected chi connectivity index (χ1v) is 9.77. The Morgan fingerprint density at radius 2 is 1.67 bits per heavy atom. The van der Waals surface area contributed by atoms with E-state index in [1.54, 1.807) is 49.4 Å². The number of benzene rings is 2. The molecule has 2 aromatic carbocycles. The average Bonchev–Trinajstić information content (AvgIpc) is 2.63. The maximum Gasteiger partial charge on any atom is 0.306 e. The third kappa shape index (κ3) is 5.63. The van der Waals surface area contributed by atoms with E-state index in [9.17, 15) is 18.0 Å². The van der Waals surface area contributed by atoms with Gasteiger partial charge in [0.05, 0.1) is 17.4 Å². The molecule has 0 fully saturated rings. The summed E-state index contributed by atoms with van der Waals surface area (Å²) >= 11 is 0. The van der Waals surface area contributed by atoms with Crippen molar-refractivity contribution in [1.82, 2.24) is 4.31 Å². The average molecular weight is 390 g/mol. The van der Waals surface area contributed by atoms with Crippen LogP contribution in [0.4, 0.5) is 5.69 Å². The number of rotatable bonds is 8. The number of amides is 1. The number of nitrogens with one attached hydrogen (secondary N) is 1. The number of anilines is 1. The summed E-state index contributed by atoms with van der Waals surface area (Å²) in [6.07, 6.45) is 0.390. The lowest BCUT2D eigenvalue weighted by Gasteiger charge is -2.17. The highest BCUT2D eigenvalue weighted by atomic mass is 32.2. The molecule has 27 heavy (non-hydrogen) atoms. The van der Waals surface area contributed by atoms with Gasteiger partial charge < -0.3 is 10.4 Å². The summed E-state index contributed by atoms with van der Waals surface area (Å²) in [5, 5.41) is 11.6. The van der Waals surface area contributed by atoms with E-state index in [4.69, 9.17) is 5.11 Å². The summed E-state index contributed by atoms with van der Waals surface area (Å²) in [6.45, 7) is 1.30. The quantitative estimate of drug-likeness (QED) is 0.719. The van der Waals surface area contributed by atoms with Crippen molar-refractivity contribution < 1.29 is 23.1 Å². The van der Waals surface area contributed by atoms with Crippen molar-refractivity contribution in [3.63, 3.8) is 0 Å². The van der Waals surface area contributed by atoms with E-state index < -0.39 is 27.8 Å². The second-order valence-corrected chi connectivity index (χ2v) is 8.31. The fourth-order valence-electron chi connectivity index (χ4n) is 2.43. The van der Waals surface area contributed by atoms with Crippen molar-refractivity contribution in [3.8, 4) is 0 Å². The van der Waals surface area contributed by atoms with Gasteiger partial charge in [-0.05, 0) is 36.2 Å². The molecule has 0 aliphatic heterocycles. The molecule has 0 saturated carbocycles. The lowest BCUT2D eigenvalue weighted by Crippen LogP contribution is -2.34. The van der Waals surface area contributed by atoms with Gasteiger partial charge in [0.1, 0.15) is 0 Å². The molecule has 1 unspecified atom stereocenters. The van der Waals surface area contributed by atoms with E-state index >= 15 is 0 Å². The fraction of sp³-hybridized carbons (Fsp3) is 0.263. The third-order valence-electron chi connectivity index (χ3n) is 4.02. The number of carboxylic acid groups (broad SMARTS) is 1. The minimum Gasteiger partial charge on any atom is -0.481 e. The zero-order valence-electron chi connectivity index (χ0n) is 15.1. The van der Waals surface area contributed by atoms with Gasteiger partial charge in [-0.2, -0.15) is 4.31 Å². The molecule has 7 nitrogen and oxygen atoms in total. The van der Waals surface area contributed by atoms with Gasteiger partial charge in [0.25, 0.3) is 0 Å². The van der Waals surface area contributed by atoms with Crippen LogP contribution in [0.15, 0.2) is 59.5 Å². The van der Waals surface area contributed by atoms with Crippen LogP contribution in [0.1, 0.15) is 12.5 Å². The summed E-state index contributed by atoms with van der Waals surface area (Å²) in [4.78, 5) is 23.2. The van der Waals surface area contributed by atoms with E-state index in [2.05, 4.69) is 5.32 Å². The van der Waals surface area contributed by atoms with Gasteiger partial charge in [-0.1, -0.05) is 37.3 Å². The van der Waals surface area contributed by atoms with E-state index in [-0.39, 0.29) is 11.4 Å². The molecular weight excluding hydrogens is 368 g/mol. The molecule has 0 aliphatic carbocycles. The Morgan fingerprint density at radius 3 is 2.22 bits per heavy atom. The van der Waals surface area contributed by atoms with Gasteiger partial charge in [-0.15, -0.1) is 0 Å². The lowest BCUT2D eigenvalue weighted by atomic mass is 10.0. The second kappa shape index (κ2) is 8.79. The predicted octanol–water partition coefficient (Wildman–Crippen LogP) is 2.21. The maximum absolute atomic E-state index is 12.4. The first-order valence-electron chi connectivity index (χ1n) is 8.33. The molecule has 2 N–H and O–H groups in total. The van der Waals surface area contributed by atoms with Crippen LogP contribution >= 0.6 is 0 Å². The number of aliphatic carboxylic acids is 1. The van der Waals surface area contributed by atoms with Gasteiger partial charge in [0.2, 0.25) is 15.9 Å². The Hall–Kier alpha value is -2.71. The normalized spacial score (nSPS) is 12.6. The second-order valence-electron chi connectivity index (χ2n) is 6.26. The monoisotopic (exact) mass is 390 g/mol. The van der Waals surface area contributed by atoms with Crippen LogP contribution in [0.5, 0.6) is 0 Å². The Balaban J connectivity index is 1.96. The van der Waals surface area contributed by atoms with Crippen molar-refractivity contribution >= 4 is 27.6 Å². The number of nitrogens with zero attached hydrogens (tertiary/aromatic N) is 1. The Bertz CT molecular complexity index is 895. The highest BCUT2D eigenvalue weighted by molar-refractivity contribution is 7.89. The van der Waals surface area contributed by atoms with Crippen molar-refractivity contribution in [1.29, 1.82) is 0 Å². The number of hydrogen-bond acceptors (Lipinski definition) is 4. The van der Waals surface area contributed by atoms with E-state index in [0.29, 0.717) is 12.1 Å². The third-order valence-corrected chi connectivity index (χ3v) is 5.84. The van der Waals surface area contributed by atoms with E-state index in [1.165, 1.54) is 19.2 Å². The SMILES string of the molecule is CC(Cc1ccc(NC(=O)CN(C)S(=O)(=O)c2ccccc2)cc1)C(=O)O. The van der Waals surface area contributed by atoms with E-state index in [0.717, 1.165) is 9.87 Å². The van der Waals surface area contributed by atoms with Crippen molar-refractivity contribution in [2.45, 2.75) is 18.2 Å². The number of hydrogen-bond donors (Lipinski definition) is 2. The van der Waals surface area contributed by atoms with Crippen LogP contribution in [0.2, 0.25) is 0 Å². The van der Waals surface area contributed by atoms with Crippen molar-refractivity contribution in [2.24, 2.45) is 5.92 Å². The van der Waals surface area contributed by atoms with Crippen molar-refractivity contribution in [2.75, 3.05) is 18.9 Å². The molecule has 144 valence electrons. The molecule has 0 heterocycles. The molecule has 2 aromatic rings. The van der Waals surface area contributed by atoms with Crippen LogP contribution in [-0.4, -0.2) is 43.3 Å². The molecule has 0 bridgehead atoms. The molecule has 1 atom stereocenters. The summed E-state index contributed by atoms with van der Waals surface area (Å²) in [5.41, 5.74) is 1.35. The minimum absolute atomic E-state index is 0.122. The van der Waals surface area contributed by atoms with Gasteiger partial charge in [0.15, 0.2) is 0 Å². The molecule has 8 heteroatoms. The van der Waals surface area contributed by atoms with Crippen LogP contribution in [0.3, 0.4) is 0 Å². The first-order chi connectivity index (χ1) is 12.7. The first kappa shape index (κ1) is 20.6. The molecule has 0 spiro atoms. The lowest BCUT2D eigenvalue weighted by molar-refractivity contribution is -0.141. The molecule has 0 aliphatic rings. The van der Waals surface area contributed by atoms with Crippen LogP contribution in [0.25, 0.3) is 0 Å². The number of carbonyl (C=O) groups is 2. The number of likely N-dealkylation sites (N-methyl/N-ethyl adjacent to an activating group) is 1. The van der Waals surface area contributed by atoms with Crippen LogP contribution < -0.4 is 5.32 Å². The van der Waals surface area contributed by atoms with Gasteiger partial charge in [0, 0.05) is 12.7 Å². The van der Waals surface area contributed by atoms with Crippen molar-refractivity contribution in [3.05, 3.63) is 60.2 Å². The fourth-order valence-corrected chi connectivity index (χ4v) is 3.57. The molecular formula is C19H22N2O5S. The van der Waals surface area contributed by atoms with Gasteiger partial charge in [-0.25, -0.2) is 8.42 Å². The summed E-state index contributed by atoms with van der Waals surface area (Å²) < 4.78 is 25.8. The summed E-state index contributed by atoms with van der Waals surface area (Å²) in [5.74, 6) is -1.83. The Morgan fingerprint density at radius 1 is 1.07 bits per heavy atom. The molecule has 2 rings (SSSR count). The standard InChI is InChI=1S/C19H22N2O5S/c1-14(19(23)24)12-15-8-10-16(11-9-15)20-18(22)13-21(2)27(25,26)17-6-4-3-5-7-17/h3-11,14H,12-13H2,1-2H3,(H,20,22)(H,23,24). The zero-order chi connectivity index (χ0) is 20.0. The predicted molar refractivity (Wildman–Crippen MR) is 102 cm³/mol. The zero-order valence-corrected chi connectivity index (χ0v) is 15.9. The van der Waals surface area contributed by atoms with Gasteiger partial charge in [-0.3, -0.25) is 9.59 Å². The smallest absolute Gasteiger partial charge is 0.306 e. The Kier molecular flexibility index (Phi) is 6.70. The Labute approximate surface area is 158 Å². The molecule has 1 amide bonds. The largest absolute Gasteiger partial charge is 0.481 e. The van der Waals surface area contributed by atoms with Crippen LogP contribution in [-0.2, 0) is 26.0 Å². The highest BCUT2D eigenvalue weighted by Gasteiger charge is 2.22. The highest BCUT2D eigenvalue weighted by Crippen LogP contribution is 2.15. The summed E-state index contributed by atoms with van der Waals surface area (Å²) in [7, 11) is -2.39. The van der Waals surface area contributed by atoms with E-state index in [1.807, 2.05) is 0 Å². The summed E-state index contributed by atoms with van der Waals surface area (Å²) in [6, 6.07) is 14.7. The molecule has 0 aromatic heterocycles. The number of carbonyl (C=O) groups excluding carboxylic acids is 1. The molecule has 0 radical (unpaired) electrons. The topological polar surface area (TPSA) is 104 Å². The maximum atomic E-state index is 12.4. The number of carboxylic acids is 1.